The molecular weight excluding hydrogens is 320 g/mol. The minimum atomic E-state index is -0.266. The fraction of sp³-hybridized carbons (Fsp3) is 0.250. The molecule has 2 aromatic rings. The first-order chi connectivity index (χ1) is 10.5. The summed E-state index contributed by atoms with van der Waals surface area (Å²) in [6.07, 6.45) is 0.101. The number of carbonyl (C=O) groups is 1. The summed E-state index contributed by atoms with van der Waals surface area (Å²) < 4.78 is 6.23. The minimum Gasteiger partial charge on any atom is -0.491 e. The molecule has 1 amide bonds. The second kappa shape index (κ2) is 7.42. The van der Waals surface area contributed by atoms with E-state index in [1.54, 1.807) is 30.3 Å². The molecule has 0 saturated heterocycles. The van der Waals surface area contributed by atoms with Crippen LogP contribution in [-0.4, -0.2) is 17.7 Å². The zero-order valence-electron chi connectivity index (χ0n) is 12.6. The van der Waals surface area contributed by atoms with Crippen molar-refractivity contribution in [2.75, 3.05) is 0 Å². The molecule has 0 aliphatic heterocycles. The minimum absolute atomic E-state index is 0.101. The quantitative estimate of drug-likeness (QED) is 0.652. The lowest BCUT2D eigenvalue weighted by molar-refractivity contribution is 0.0955. The molecule has 0 radical (unpaired) electrons. The van der Waals surface area contributed by atoms with Gasteiger partial charge < -0.3 is 4.74 Å². The van der Waals surface area contributed by atoms with E-state index in [2.05, 4.69) is 10.5 Å². The van der Waals surface area contributed by atoms with E-state index in [0.717, 1.165) is 10.6 Å². The van der Waals surface area contributed by atoms with Crippen LogP contribution in [0.3, 0.4) is 0 Å². The van der Waals surface area contributed by atoms with Crippen LogP contribution >= 0.6 is 22.9 Å². The molecule has 2 rings (SSSR count). The van der Waals surface area contributed by atoms with Crippen LogP contribution in [0.4, 0.5) is 0 Å². The van der Waals surface area contributed by atoms with Gasteiger partial charge in [0.1, 0.15) is 5.75 Å². The number of carbonyl (C=O) groups excluding carboxylic acids is 1. The monoisotopic (exact) mass is 336 g/mol. The van der Waals surface area contributed by atoms with Gasteiger partial charge in [-0.3, -0.25) is 4.79 Å². The van der Waals surface area contributed by atoms with Gasteiger partial charge in [0.25, 0.3) is 5.91 Å². The zero-order chi connectivity index (χ0) is 16.1. The van der Waals surface area contributed by atoms with Crippen LogP contribution in [0.15, 0.2) is 41.5 Å². The lowest BCUT2D eigenvalue weighted by Gasteiger charge is -2.09. The molecule has 0 atom stereocenters. The SMILES string of the molecule is C/C(=N/NC(=O)c1ccc(OC(C)C)cc1)c1ccc(Cl)s1. The van der Waals surface area contributed by atoms with Crippen LogP contribution in [0.2, 0.25) is 4.34 Å². The third kappa shape index (κ3) is 4.58. The Kier molecular flexibility index (Phi) is 5.57. The van der Waals surface area contributed by atoms with Crippen molar-refractivity contribution < 1.29 is 9.53 Å². The first-order valence-corrected chi connectivity index (χ1v) is 8.02. The highest BCUT2D eigenvalue weighted by atomic mass is 35.5. The van der Waals surface area contributed by atoms with Crippen molar-refractivity contribution in [1.29, 1.82) is 0 Å². The van der Waals surface area contributed by atoms with Gasteiger partial charge in [-0.1, -0.05) is 11.6 Å². The van der Waals surface area contributed by atoms with E-state index < -0.39 is 0 Å². The summed E-state index contributed by atoms with van der Waals surface area (Å²) in [4.78, 5) is 13.0. The highest BCUT2D eigenvalue weighted by Crippen LogP contribution is 2.21. The maximum atomic E-state index is 12.0. The van der Waals surface area contributed by atoms with Gasteiger partial charge in [-0.2, -0.15) is 5.10 Å². The largest absolute Gasteiger partial charge is 0.491 e. The smallest absolute Gasteiger partial charge is 0.271 e. The van der Waals surface area contributed by atoms with Crippen LogP contribution in [0.5, 0.6) is 5.75 Å². The number of halogens is 1. The average molecular weight is 337 g/mol. The molecule has 1 aromatic heterocycles. The molecule has 0 saturated carbocycles. The van der Waals surface area contributed by atoms with Crippen molar-refractivity contribution in [2.24, 2.45) is 5.10 Å². The predicted molar refractivity (Wildman–Crippen MR) is 91.2 cm³/mol. The van der Waals surface area contributed by atoms with Gasteiger partial charge in [0.05, 0.1) is 21.0 Å². The number of hydrogen-bond donors (Lipinski definition) is 1. The molecular formula is C16H17ClN2O2S. The third-order valence-corrected chi connectivity index (χ3v) is 4.08. The fourth-order valence-electron chi connectivity index (χ4n) is 1.72. The second-order valence-corrected chi connectivity index (χ2v) is 6.65. The highest BCUT2D eigenvalue weighted by Gasteiger charge is 2.07. The number of amides is 1. The summed E-state index contributed by atoms with van der Waals surface area (Å²) >= 11 is 7.30. The van der Waals surface area contributed by atoms with Crippen LogP contribution in [0.25, 0.3) is 0 Å². The molecule has 1 N–H and O–H groups in total. The van der Waals surface area contributed by atoms with Gasteiger partial charge in [0.15, 0.2) is 0 Å². The standard InChI is InChI=1S/C16H17ClN2O2S/c1-10(2)21-13-6-4-12(5-7-13)16(20)19-18-11(3)14-8-9-15(17)22-14/h4-10H,1-3H3,(H,19,20)/b18-11-. The molecule has 22 heavy (non-hydrogen) atoms. The molecule has 0 aliphatic rings. The number of rotatable bonds is 5. The van der Waals surface area contributed by atoms with E-state index in [4.69, 9.17) is 16.3 Å². The number of hydrogen-bond acceptors (Lipinski definition) is 4. The lowest BCUT2D eigenvalue weighted by Crippen LogP contribution is -2.19. The number of benzene rings is 1. The summed E-state index contributed by atoms with van der Waals surface area (Å²) in [6, 6.07) is 10.6. The van der Waals surface area contributed by atoms with Gasteiger partial charge in [-0.15, -0.1) is 11.3 Å². The van der Waals surface area contributed by atoms with E-state index in [-0.39, 0.29) is 12.0 Å². The zero-order valence-corrected chi connectivity index (χ0v) is 14.2. The molecule has 6 heteroatoms. The van der Waals surface area contributed by atoms with E-state index in [1.807, 2.05) is 26.8 Å². The molecule has 0 spiro atoms. The van der Waals surface area contributed by atoms with Gasteiger partial charge in [-0.25, -0.2) is 5.43 Å². The number of hydrazone groups is 1. The first kappa shape index (κ1) is 16.5. The van der Waals surface area contributed by atoms with Crippen LogP contribution in [0.1, 0.15) is 36.0 Å². The van der Waals surface area contributed by atoms with Gasteiger partial charge in [-0.05, 0) is 57.2 Å². The Bertz CT molecular complexity index is 678. The molecule has 1 aromatic carbocycles. The molecule has 0 fully saturated rings. The van der Waals surface area contributed by atoms with Gasteiger partial charge in [0, 0.05) is 5.56 Å². The second-order valence-electron chi connectivity index (χ2n) is 4.93. The Morgan fingerprint density at radius 2 is 1.91 bits per heavy atom. The Labute approximate surface area is 138 Å². The number of ether oxygens (including phenoxy) is 1. The lowest BCUT2D eigenvalue weighted by atomic mass is 10.2. The van der Waals surface area contributed by atoms with E-state index in [0.29, 0.717) is 15.6 Å². The van der Waals surface area contributed by atoms with E-state index in [9.17, 15) is 4.79 Å². The summed E-state index contributed by atoms with van der Waals surface area (Å²) in [5.41, 5.74) is 3.78. The Morgan fingerprint density at radius 3 is 2.45 bits per heavy atom. The van der Waals surface area contributed by atoms with Crippen molar-refractivity contribution in [3.05, 3.63) is 51.2 Å². The van der Waals surface area contributed by atoms with Crippen molar-refractivity contribution in [3.63, 3.8) is 0 Å². The van der Waals surface area contributed by atoms with Crippen molar-refractivity contribution in [1.82, 2.24) is 5.43 Å². The van der Waals surface area contributed by atoms with Crippen LogP contribution in [-0.2, 0) is 0 Å². The first-order valence-electron chi connectivity index (χ1n) is 6.83. The Hall–Kier alpha value is -1.85. The number of thiophene rings is 1. The van der Waals surface area contributed by atoms with E-state index >= 15 is 0 Å². The van der Waals surface area contributed by atoms with Crippen LogP contribution < -0.4 is 10.2 Å². The average Bonchev–Trinajstić information content (AvgIpc) is 2.91. The third-order valence-electron chi connectivity index (χ3n) is 2.74. The molecule has 0 bridgehead atoms. The van der Waals surface area contributed by atoms with Crippen molar-refractivity contribution in [3.8, 4) is 5.75 Å². The molecule has 0 aliphatic carbocycles. The van der Waals surface area contributed by atoms with Gasteiger partial charge in [0.2, 0.25) is 0 Å². The summed E-state index contributed by atoms with van der Waals surface area (Å²) in [5, 5.41) is 4.09. The van der Waals surface area contributed by atoms with Crippen molar-refractivity contribution >= 4 is 34.6 Å². The molecule has 1 heterocycles. The topological polar surface area (TPSA) is 50.7 Å². The number of nitrogens with zero attached hydrogens (tertiary/aromatic N) is 1. The summed E-state index contributed by atoms with van der Waals surface area (Å²) in [6.45, 7) is 5.73. The Balaban J connectivity index is 2.00. The molecule has 116 valence electrons. The van der Waals surface area contributed by atoms with Crippen LogP contribution in [0, 0.1) is 0 Å². The Morgan fingerprint density at radius 1 is 1.23 bits per heavy atom. The normalized spacial score (nSPS) is 11.6. The maximum Gasteiger partial charge on any atom is 0.271 e. The fourth-order valence-corrected chi connectivity index (χ4v) is 2.71. The van der Waals surface area contributed by atoms with E-state index in [1.165, 1.54) is 11.3 Å². The summed E-state index contributed by atoms with van der Waals surface area (Å²) in [7, 11) is 0. The maximum absolute atomic E-state index is 12.0. The highest BCUT2D eigenvalue weighted by molar-refractivity contribution is 7.18. The molecule has 0 unspecified atom stereocenters. The molecule has 4 nitrogen and oxygen atoms in total. The van der Waals surface area contributed by atoms with Crippen molar-refractivity contribution in [2.45, 2.75) is 26.9 Å². The number of nitrogens with one attached hydrogen (secondary N) is 1. The summed E-state index contributed by atoms with van der Waals surface area (Å²) in [5.74, 6) is 0.470. The van der Waals surface area contributed by atoms with Gasteiger partial charge >= 0.3 is 0 Å². The predicted octanol–water partition coefficient (Wildman–Crippen LogP) is 4.34.